The molecule has 1 amide bonds. The molecule has 0 saturated carbocycles. The Morgan fingerprint density at radius 3 is 2.71 bits per heavy atom. The zero-order valence-corrected chi connectivity index (χ0v) is 20.2. The second-order valence-electron chi connectivity index (χ2n) is 8.81. The molecule has 0 bridgehead atoms. The molecule has 2 heterocycles. The standard InChI is InChI=1S/C29H29N5O/c1-3-4-17-30-28(35)22-14-10-16-26-24(22)18-20(2)34(26)29-32-25-15-9-8-13-23(25)27(33-29)31-19-21-11-6-5-7-12-21/h5-7,10-12,14,16,18H,8-9,13,15,17,19H2,1-2H3,(H,30,35)(H,31,32,33). The van der Waals surface area contributed by atoms with Crippen LogP contribution in [0, 0.1) is 18.8 Å². The molecule has 0 fully saturated rings. The molecule has 0 radical (unpaired) electrons. The second-order valence-corrected chi connectivity index (χ2v) is 8.81. The lowest BCUT2D eigenvalue weighted by Gasteiger charge is -2.21. The van der Waals surface area contributed by atoms with E-state index in [2.05, 4.69) is 51.3 Å². The summed E-state index contributed by atoms with van der Waals surface area (Å²) < 4.78 is 2.06. The van der Waals surface area contributed by atoms with Crippen molar-refractivity contribution in [2.75, 3.05) is 11.9 Å². The highest BCUT2D eigenvalue weighted by molar-refractivity contribution is 6.07. The largest absolute Gasteiger partial charge is 0.366 e. The predicted octanol–water partition coefficient (Wildman–Crippen LogP) is 4.97. The van der Waals surface area contributed by atoms with Crippen LogP contribution in [0.15, 0.2) is 54.6 Å². The molecular formula is C29H29N5O. The van der Waals surface area contributed by atoms with Gasteiger partial charge in [-0.3, -0.25) is 9.36 Å². The monoisotopic (exact) mass is 463 g/mol. The van der Waals surface area contributed by atoms with Crippen LogP contribution >= 0.6 is 0 Å². The molecule has 1 aliphatic rings. The number of hydrogen-bond acceptors (Lipinski definition) is 4. The first-order chi connectivity index (χ1) is 17.2. The molecule has 0 aliphatic heterocycles. The third-order valence-electron chi connectivity index (χ3n) is 6.46. The number of anilines is 1. The van der Waals surface area contributed by atoms with E-state index < -0.39 is 0 Å². The SMILES string of the molecule is CC#CCNC(=O)c1cccc2c1cc(C)n2-c1nc2c(c(NCc3ccccc3)n1)CCCC2. The number of nitrogens with zero attached hydrogens (tertiary/aromatic N) is 3. The number of carbonyl (C=O) groups excluding carboxylic acids is 1. The fourth-order valence-electron chi connectivity index (χ4n) is 4.74. The van der Waals surface area contributed by atoms with Crippen molar-refractivity contribution in [3.8, 4) is 17.8 Å². The minimum Gasteiger partial charge on any atom is -0.366 e. The van der Waals surface area contributed by atoms with E-state index in [1.807, 2.05) is 37.3 Å². The fourth-order valence-corrected chi connectivity index (χ4v) is 4.74. The first-order valence-electron chi connectivity index (χ1n) is 12.1. The van der Waals surface area contributed by atoms with Gasteiger partial charge in [0.1, 0.15) is 5.82 Å². The number of benzene rings is 2. The molecule has 2 aromatic heterocycles. The van der Waals surface area contributed by atoms with E-state index in [1.54, 1.807) is 6.92 Å². The third kappa shape index (κ3) is 4.63. The lowest BCUT2D eigenvalue weighted by atomic mass is 9.96. The maximum absolute atomic E-state index is 12.8. The first kappa shape index (κ1) is 22.7. The average molecular weight is 464 g/mol. The van der Waals surface area contributed by atoms with E-state index in [0.717, 1.165) is 53.8 Å². The summed E-state index contributed by atoms with van der Waals surface area (Å²) in [5.41, 5.74) is 6.08. The molecule has 6 heteroatoms. The summed E-state index contributed by atoms with van der Waals surface area (Å²) in [6, 6.07) is 18.2. The van der Waals surface area contributed by atoms with Crippen molar-refractivity contribution in [3.63, 3.8) is 0 Å². The van der Waals surface area contributed by atoms with Crippen molar-refractivity contribution in [1.29, 1.82) is 0 Å². The summed E-state index contributed by atoms with van der Waals surface area (Å²) in [6.07, 6.45) is 4.23. The van der Waals surface area contributed by atoms with Crippen LogP contribution in [0.25, 0.3) is 16.9 Å². The first-order valence-corrected chi connectivity index (χ1v) is 12.1. The minimum absolute atomic E-state index is 0.132. The summed E-state index contributed by atoms with van der Waals surface area (Å²) in [4.78, 5) is 22.8. The van der Waals surface area contributed by atoms with Gasteiger partial charge in [-0.05, 0) is 63.3 Å². The molecule has 0 unspecified atom stereocenters. The van der Waals surface area contributed by atoms with Gasteiger partial charge in [0.15, 0.2) is 0 Å². The molecule has 6 nitrogen and oxygen atoms in total. The third-order valence-corrected chi connectivity index (χ3v) is 6.46. The number of carbonyl (C=O) groups is 1. The highest BCUT2D eigenvalue weighted by atomic mass is 16.1. The topological polar surface area (TPSA) is 71.8 Å². The van der Waals surface area contributed by atoms with Crippen LogP contribution < -0.4 is 10.6 Å². The van der Waals surface area contributed by atoms with Gasteiger partial charge in [-0.2, -0.15) is 4.98 Å². The second kappa shape index (κ2) is 10.0. The van der Waals surface area contributed by atoms with Crippen LogP contribution in [-0.2, 0) is 19.4 Å². The van der Waals surface area contributed by atoms with Crippen molar-refractivity contribution in [3.05, 3.63) is 82.7 Å². The number of fused-ring (bicyclic) bond motifs is 2. The number of nitrogens with one attached hydrogen (secondary N) is 2. The summed E-state index contributed by atoms with van der Waals surface area (Å²) in [6.45, 7) is 4.83. The number of aromatic nitrogens is 3. The van der Waals surface area contributed by atoms with Gasteiger partial charge in [0.05, 0.1) is 17.8 Å². The fraction of sp³-hybridized carbons (Fsp3) is 0.276. The Labute approximate surface area is 205 Å². The zero-order chi connectivity index (χ0) is 24.2. The Morgan fingerprint density at radius 1 is 1.06 bits per heavy atom. The lowest BCUT2D eigenvalue weighted by Crippen LogP contribution is -2.23. The molecule has 176 valence electrons. The summed E-state index contributed by atoms with van der Waals surface area (Å²) in [7, 11) is 0. The maximum Gasteiger partial charge on any atom is 0.252 e. The molecule has 2 aromatic carbocycles. The number of rotatable bonds is 6. The Morgan fingerprint density at radius 2 is 1.89 bits per heavy atom. The van der Waals surface area contributed by atoms with Gasteiger partial charge in [0, 0.05) is 28.8 Å². The molecule has 2 N–H and O–H groups in total. The number of aryl methyl sites for hydroxylation is 2. The van der Waals surface area contributed by atoms with Gasteiger partial charge < -0.3 is 10.6 Å². The van der Waals surface area contributed by atoms with Crippen molar-refractivity contribution >= 4 is 22.6 Å². The lowest BCUT2D eigenvalue weighted by molar-refractivity contribution is 0.0960. The van der Waals surface area contributed by atoms with E-state index >= 15 is 0 Å². The van der Waals surface area contributed by atoms with E-state index in [1.165, 1.54) is 11.1 Å². The molecule has 0 saturated heterocycles. The van der Waals surface area contributed by atoms with Gasteiger partial charge >= 0.3 is 0 Å². The predicted molar refractivity (Wildman–Crippen MR) is 140 cm³/mol. The Balaban J connectivity index is 1.56. The van der Waals surface area contributed by atoms with Crippen molar-refractivity contribution in [2.24, 2.45) is 0 Å². The van der Waals surface area contributed by atoms with Gasteiger partial charge in [0.25, 0.3) is 5.91 Å². The Bertz CT molecular complexity index is 1440. The van der Waals surface area contributed by atoms with Crippen molar-refractivity contribution in [2.45, 2.75) is 46.1 Å². The van der Waals surface area contributed by atoms with Crippen LogP contribution in [0.2, 0.25) is 0 Å². The highest BCUT2D eigenvalue weighted by Crippen LogP contribution is 2.30. The highest BCUT2D eigenvalue weighted by Gasteiger charge is 2.21. The number of amides is 1. The zero-order valence-electron chi connectivity index (χ0n) is 20.2. The molecule has 0 atom stereocenters. The quantitative estimate of drug-likeness (QED) is 0.396. The number of hydrogen-bond donors (Lipinski definition) is 2. The molecule has 35 heavy (non-hydrogen) atoms. The van der Waals surface area contributed by atoms with E-state index in [-0.39, 0.29) is 5.91 Å². The van der Waals surface area contributed by atoms with Crippen LogP contribution in [0.3, 0.4) is 0 Å². The Hall–Kier alpha value is -4.11. The van der Waals surface area contributed by atoms with Crippen molar-refractivity contribution < 1.29 is 4.79 Å². The summed E-state index contributed by atoms with van der Waals surface area (Å²) in [5, 5.41) is 7.34. The van der Waals surface area contributed by atoms with Crippen LogP contribution in [-0.4, -0.2) is 27.0 Å². The van der Waals surface area contributed by atoms with E-state index in [9.17, 15) is 4.79 Å². The van der Waals surface area contributed by atoms with E-state index in [0.29, 0.717) is 24.6 Å². The maximum atomic E-state index is 12.8. The molecule has 0 spiro atoms. The van der Waals surface area contributed by atoms with Gasteiger partial charge in [-0.15, -0.1) is 5.92 Å². The van der Waals surface area contributed by atoms with E-state index in [4.69, 9.17) is 9.97 Å². The van der Waals surface area contributed by atoms with Gasteiger partial charge in [0.2, 0.25) is 5.95 Å². The molecule has 5 rings (SSSR count). The molecule has 1 aliphatic carbocycles. The van der Waals surface area contributed by atoms with Crippen molar-refractivity contribution in [1.82, 2.24) is 19.9 Å². The van der Waals surface area contributed by atoms with Crippen LogP contribution in [0.5, 0.6) is 0 Å². The summed E-state index contributed by atoms with van der Waals surface area (Å²) in [5.74, 6) is 7.10. The molecule has 4 aromatic rings. The van der Waals surface area contributed by atoms with Crippen LogP contribution in [0.1, 0.15) is 52.6 Å². The van der Waals surface area contributed by atoms with Gasteiger partial charge in [-0.25, -0.2) is 4.98 Å². The Kier molecular flexibility index (Phi) is 6.49. The minimum atomic E-state index is -0.132. The van der Waals surface area contributed by atoms with Crippen LogP contribution in [0.4, 0.5) is 5.82 Å². The molecular weight excluding hydrogens is 434 g/mol. The average Bonchev–Trinajstić information content (AvgIpc) is 3.23. The summed E-state index contributed by atoms with van der Waals surface area (Å²) >= 11 is 0. The van der Waals surface area contributed by atoms with Gasteiger partial charge in [-0.1, -0.05) is 42.3 Å². The normalized spacial score (nSPS) is 12.5. The smallest absolute Gasteiger partial charge is 0.252 e.